The first kappa shape index (κ1) is 14.8. The molecule has 2 N–H and O–H groups in total. The van der Waals surface area contributed by atoms with E-state index in [1.165, 1.54) is 5.56 Å². The quantitative estimate of drug-likeness (QED) is 0.870. The summed E-state index contributed by atoms with van der Waals surface area (Å²) in [5, 5.41) is 0. The van der Waals surface area contributed by atoms with Crippen LogP contribution in [-0.4, -0.2) is 39.3 Å². The monoisotopic (exact) mass is 252 g/mol. The molecule has 1 aromatic rings. The molecule has 102 valence electrons. The maximum atomic E-state index is 6.09. The lowest BCUT2D eigenvalue weighted by molar-refractivity contribution is 0.264. The molecule has 2 unspecified atom stereocenters. The van der Waals surface area contributed by atoms with Crippen LogP contribution in [0.4, 0.5) is 0 Å². The topological polar surface area (TPSA) is 47.7 Å². The van der Waals surface area contributed by atoms with Gasteiger partial charge in [0.25, 0.3) is 0 Å². The van der Waals surface area contributed by atoms with E-state index < -0.39 is 0 Å². The van der Waals surface area contributed by atoms with Gasteiger partial charge in [-0.05, 0) is 51.2 Å². The summed E-state index contributed by atoms with van der Waals surface area (Å²) in [7, 11) is 7.35. The molecule has 0 saturated carbocycles. The molecule has 18 heavy (non-hydrogen) atoms. The molecule has 0 bridgehead atoms. The third-order valence-corrected chi connectivity index (χ3v) is 3.15. The first-order chi connectivity index (χ1) is 8.42. The number of likely N-dealkylation sites (N-methyl/N-ethyl adjacent to an activating group) is 1. The van der Waals surface area contributed by atoms with Crippen LogP contribution >= 0.6 is 0 Å². The molecule has 0 aliphatic carbocycles. The maximum Gasteiger partial charge on any atom is 0.161 e. The van der Waals surface area contributed by atoms with Crippen LogP contribution in [0.2, 0.25) is 0 Å². The van der Waals surface area contributed by atoms with E-state index >= 15 is 0 Å². The predicted octanol–water partition coefficient (Wildman–Crippen LogP) is 1.96. The lowest BCUT2D eigenvalue weighted by atomic mass is 9.95. The van der Waals surface area contributed by atoms with Crippen LogP contribution in [0.25, 0.3) is 0 Å². The summed E-state index contributed by atoms with van der Waals surface area (Å²) < 4.78 is 10.7. The molecule has 0 amide bonds. The summed E-state index contributed by atoms with van der Waals surface area (Å²) in [6.45, 7) is 4.08. The minimum absolute atomic E-state index is 0.0387. The molecular weight excluding hydrogens is 228 g/mol. The highest BCUT2D eigenvalue weighted by molar-refractivity contribution is 5.48. The summed E-state index contributed by atoms with van der Waals surface area (Å²) in [5.74, 6) is 1.49. The molecular formula is C14H24N2O2. The summed E-state index contributed by atoms with van der Waals surface area (Å²) in [6.07, 6.45) is 0. The van der Waals surface area contributed by atoms with Crippen molar-refractivity contribution in [3.63, 3.8) is 0 Å². The molecule has 0 radical (unpaired) electrons. The Morgan fingerprint density at radius 2 is 1.61 bits per heavy atom. The maximum absolute atomic E-state index is 6.09. The van der Waals surface area contributed by atoms with E-state index in [0.29, 0.717) is 0 Å². The van der Waals surface area contributed by atoms with Crippen LogP contribution in [0.15, 0.2) is 12.1 Å². The second-order valence-electron chi connectivity index (χ2n) is 4.83. The van der Waals surface area contributed by atoms with Gasteiger partial charge in [-0.1, -0.05) is 0 Å². The van der Waals surface area contributed by atoms with Gasteiger partial charge in [-0.2, -0.15) is 0 Å². The summed E-state index contributed by atoms with van der Waals surface area (Å²) in [5.41, 5.74) is 8.42. The Hall–Kier alpha value is -1.26. The summed E-state index contributed by atoms with van der Waals surface area (Å²) in [4.78, 5) is 2.12. The standard InChI is InChI=1S/C14H24N2O2/c1-9-7-12(17-5)13(18-6)8-11(9)14(10(2)15)16(3)4/h7-8,10,14H,15H2,1-6H3. The number of nitrogens with zero attached hydrogens (tertiary/aromatic N) is 1. The van der Waals surface area contributed by atoms with Crippen LogP contribution in [0, 0.1) is 6.92 Å². The van der Waals surface area contributed by atoms with Gasteiger partial charge >= 0.3 is 0 Å². The molecule has 0 heterocycles. The first-order valence-corrected chi connectivity index (χ1v) is 6.06. The molecule has 2 atom stereocenters. The smallest absolute Gasteiger partial charge is 0.161 e. The number of hydrogen-bond donors (Lipinski definition) is 1. The van der Waals surface area contributed by atoms with Crippen molar-refractivity contribution in [3.05, 3.63) is 23.3 Å². The molecule has 0 spiro atoms. The van der Waals surface area contributed by atoms with Crippen molar-refractivity contribution in [1.82, 2.24) is 4.90 Å². The first-order valence-electron chi connectivity index (χ1n) is 6.06. The number of nitrogens with two attached hydrogens (primary N) is 1. The molecule has 1 aromatic carbocycles. The van der Waals surface area contributed by atoms with Crippen LogP contribution in [0.5, 0.6) is 11.5 Å². The molecule has 1 rings (SSSR count). The summed E-state index contributed by atoms with van der Waals surface area (Å²) in [6, 6.07) is 4.21. The third kappa shape index (κ3) is 2.94. The minimum Gasteiger partial charge on any atom is -0.493 e. The van der Waals surface area contributed by atoms with Gasteiger partial charge in [0.2, 0.25) is 0 Å². The van der Waals surface area contributed by atoms with Crippen LogP contribution in [0.3, 0.4) is 0 Å². The van der Waals surface area contributed by atoms with Crippen molar-refractivity contribution in [1.29, 1.82) is 0 Å². The number of hydrogen-bond acceptors (Lipinski definition) is 4. The summed E-state index contributed by atoms with van der Waals surface area (Å²) >= 11 is 0. The van der Waals surface area contributed by atoms with E-state index in [1.54, 1.807) is 14.2 Å². The Balaban J connectivity index is 3.30. The average Bonchev–Trinajstić information content (AvgIpc) is 2.30. The highest BCUT2D eigenvalue weighted by atomic mass is 16.5. The van der Waals surface area contributed by atoms with Gasteiger partial charge < -0.3 is 20.1 Å². The zero-order chi connectivity index (χ0) is 13.9. The van der Waals surface area contributed by atoms with Gasteiger partial charge in [0.05, 0.1) is 14.2 Å². The molecule has 0 aromatic heterocycles. The molecule has 0 fully saturated rings. The third-order valence-electron chi connectivity index (χ3n) is 3.15. The Morgan fingerprint density at radius 3 is 2.00 bits per heavy atom. The number of aryl methyl sites for hydroxylation is 1. The largest absolute Gasteiger partial charge is 0.493 e. The lowest BCUT2D eigenvalue weighted by Gasteiger charge is -2.30. The van der Waals surface area contributed by atoms with Crippen molar-refractivity contribution >= 4 is 0 Å². The average molecular weight is 252 g/mol. The molecule has 4 nitrogen and oxygen atoms in total. The van der Waals surface area contributed by atoms with Crippen molar-refractivity contribution in [2.24, 2.45) is 5.73 Å². The van der Waals surface area contributed by atoms with Gasteiger partial charge in [-0.15, -0.1) is 0 Å². The van der Waals surface area contributed by atoms with E-state index in [1.807, 2.05) is 33.2 Å². The Morgan fingerprint density at radius 1 is 1.11 bits per heavy atom. The Bertz CT molecular complexity index is 395. The molecule has 0 aliphatic rings. The predicted molar refractivity (Wildman–Crippen MR) is 74.4 cm³/mol. The van der Waals surface area contributed by atoms with Gasteiger partial charge in [0, 0.05) is 12.1 Å². The zero-order valence-corrected chi connectivity index (χ0v) is 12.2. The van der Waals surface area contributed by atoms with Gasteiger partial charge in [-0.3, -0.25) is 0 Å². The van der Waals surface area contributed by atoms with E-state index in [2.05, 4.69) is 11.8 Å². The fourth-order valence-electron chi connectivity index (χ4n) is 2.35. The second-order valence-corrected chi connectivity index (χ2v) is 4.83. The number of rotatable bonds is 5. The number of ether oxygens (including phenoxy) is 2. The zero-order valence-electron chi connectivity index (χ0n) is 12.2. The number of methoxy groups -OCH3 is 2. The molecule has 4 heteroatoms. The fraction of sp³-hybridized carbons (Fsp3) is 0.571. The highest BCUT2D eigenvalue weighted by Crippen LogP contribution is 2.34. The van der Waals surface area contributed by atoms with Crippen LogP contribution in [-0.2, 0) is 0 Å². The Labute approximate surface area is 110 Å². The lowest BCUT2D eigenvalue weighted by Crippen LogP contribution is -2.35. The minimum atomic E-state index is 0.0387. The number of benzene rings is 1. The van der Waals surface area contributed by atoms with E-state index in [0.717, 1.165) is 17.1 Å². The van der Waals surface area contributed by atoms with Crippen molar-refractivity contribution in [2.75, 3.05) is 28.3 Å². The SMILES string of the molecule is COc1cc(C)c(C(C(C)N)N(C)C)cc1OC. The van der Waals surface area contributed by atoms with Gasteiger partial charge in [-0.25, -0.2) is 0 Å². The van der Waals surface area contributed by atoms with Crippen molar-refractivity contribution in [2.45, 2.75) is 25.9 Å². The van der Waals surface area contributed by atoms with Gasteiger partial charge in [0.1, 0.15) is 0 Å². The van der Waals surface area contributed by atoms with Crippen LogP contribution < -0.4 is 15.2 Å². The van der Waals surface area contributed by atoms with E-state index in [4.69, 9.17) is 15.2 Å². The molecule has 0 saturated heterocycles. The fourth-order valence-corrected chi connectivity index (χ4v) is 2.35. The van der Waals surface area contributed by atoms with E-state index in [-0.39, 0.29) is 12.1 Å². The Kier molecular flexibility index (Phi) is 4.99. The van der Waals surface area contributed by atoms with Gasteiger partial charge in [0.15, 0.2) is 11.5 Å². The van der Waals surface area contributed by atoms with Crippen molar-refractivity contribution in [3.8, 4) is 11.5 Å². The second kappa shape index (κ2) is 6.07. The van der Waals surface area contributed by atoms with Crippen molar-refractivity contribution < 1.29 is 9.47 Å². The van der Waals surface area contributed by atoms with Crippen LogP contribution in [0.1, 0.15) is 24.1 Å². The highest BCUT2D eigenvalue weighted by Gasteiger charge is 2.22. The normalized spacial score (nSPS) is 14.4. The molecule has 0 aliphatic heterocycles. The van der Waals surface area contributed by atoms with E-state index in [9.17, 15) is 0 Å².